The zero-order valence-electron chi connectivity index (χ0n) is 18.8. The Balaban J connectivity index is 1.32. The van der Waals surface area contributed by atoms with Gasteiger partial charge in [-0.05, 0) is 54.5 Å². The number of piperidine rings is 2. The van der Waals surface area contributed by atoms with E-state index in [9.17, 15) is 19.5 Å². The van der Waals surface area contributed by atoms with E-state index in [1.54, 1.807) is 11.0 Å². The van der Waals surface area contributed by atoms with Crippen molar-refractivity contribution in [1.29, 1.82) is 0 Å². The van der Waals surface area contributed by atoms with Gasteiger partial charge in [-0.3, -0.25) is 24.6 Å². The van der Waals surface area contributed by atoms with Crippen LogP contribution >= 0.6 is 0 Å². The Morgan fingerprint density at radius 1 is 1.06 bits per heavy atom. The Morgan fingerprint density at radius 2 is 1.79 bits per heavy atom. The predicted octanol–water partition coefficient (Wildman–Crippen LogP) is 2.24. The van der Waals surface area contributed by atoms with Crippen LogP contribution in [0.1, 0.15) is 58.3 Å². The molecule has 1 unspecified atom stereocenters. The van der Waals surface area contributed by atoms with E-state index >= 15 is 0 Å². The summed E-state index contributed by atoms with van der Waals surface area (Å²) in [5, 5.41) is 13.9. The molecule has 1 atom stereocenters. The summed E-state index contributed by atoms with van der Waals surface area (Å²) in [7, 11) is 0. The van der Waals surface area contributed by atoms with Gasteiger partial charge in [-0.25, -0.2) is 0 Å². The van der Waals surface area contributed by atoms with Gasteiger partial charge in [0, 0.05) is 38.2 Å². The van der Waals surface area contributed by atoms with E-state index in [-0.39, 0.29) is 18.2 Å². The third-order valence-corrected chi connectivity index (χ3v) is 7.44. The van der Waals surface area contributed by atoms with Crippen molar-refractivity contribution in [3.63, 3.8) is 0 Å². The zero-order valence-corrected chi connectivity index (χ0v) is 18.8. The molecule has 2 N–H and O–H groups in total. The Hall–Kier alpha value is -3.03. The van der Waals surface area contributed by atoms with Crippen LogP contribution in [0, 0.1) is 6.92 Å². The van der Waals surface area contributed by atoms with Crippen LogP contribution < -0.4 is 5.32 Å². The first-order valence-electron chi connectivity index (χ1n) is 11.6. The molecule has 0 spiro atoms. The molecule has 0 saturated carbocycles. The molecule has 3 amide bonds. The van der Waals surface area contributed by atoms with Crippen LogP contribution in [0.3, 0.4) is 0 Å². The lowest BCUT2D eigenvalue weighted by Crippen LogP contribution is -2.52. The Kier molecular flexibility index (Phi) is 5.54. The van der Waals surface area contributed by atoms with Gasteiger partial charge in [-0.2, -0.15) is 0 Å². The van der Waals surface area contributed by atoms with E-state index in [0.717, 1.165) is 36.3 Å². The molecule has 0 bridgehead atoms. The fourth-order valence-corrected chi connectivity index (χ4v) is 5.49. The van der Waals surface area contributed by atoms with E-state index in [2.05, 4.69) is 22.3 Å². The number of carbonyl (C=O) groups excluding carboxylic acids is 3. The highest BCUT2D eigenvalue weighted by atomic mass is 16.3. The number of aliphatic hydroxyl groups is 1. The lowest BCUT2D eigenvalue weighted by Gasteiger charge is -2.39. The molecular weight excluding hydrogens is 418 g/mol. The molecule has 5 rings (SSSR count). The molecule has 33 heavy (non-hydrogen) atoms. The molecule has 7 nitrogen and oxygen atoms in total. The maximum Gasteiger partial charge on any atom is 0.255 e. The minimum Gasteiger partial charge on any atom is -0.385 e. The fourth-order valence-electron chi connectivity index (χ4n) is 5.49. The molecule has 0 aromatic heterocycles. The maximum atomic E-state index is 13.1. The molecule has 2 aromatic carbocycles. The summed E-state index contributed by atoms with van der Waals surface area (Å²) < 4.78 is 0. The minimum absolute atomic E-state index is 0.182. The standard InChI is InChI=1S/C26H29N3O4/c1-17-20-16-29(22-9-10-23(30)27-24(22)31)25(32)19(20)7-8-21(17)26(33)11-13-28(14-12-26)15-18-5-3-2-4-6-18/h2-8,22,33H,9-16H2,1H3,(H,27,30,31). The van der Waals surface area contributed by atoms with Crippen LogP contribution in [-0.4, -0.2) is 51.8 Å². The van der Waals surface area contributed by atoms with E-state index in [0.29, 0.717) is 31.4 Å². The van der Waals surface area contributed by atoms with E-state index in [1.807, 2.05) is 31.2 Å². The summed E-state index contributed by atoms with van der Waals surface area (Å²) in [6.07, 6.45) is 1.84. The average Bonchev–Trinajstić information content (AvgIpc) is 3.14. The number of hydrogen-bond acceptors (Lipinski definition) is 5. The van der Waals surface area contributed by atoms with Crippen molar-refractivity contribution in [3.05, 3.63) is 70.3 Å². The van der Waals surface area contributed by atoms with Gasteiger partial charge in [-0.15, -0.1) is 0 Å². The third kappa shape index (κ3) is 3.96. The van der Waals surface area contributed by atoms with Crippen molar-refractivity contribution < 1.29 is 19.5 Å². The van der Waals surface area contributed by atoms with Gasteiger partial charge < -0.3 is 10.0 Å². The molecule has 3 aliphatic heterocycles. The highest BCUT2D eigenvalue weighted by Gasteiger charge is 2.42. The number of carbonyl (C=O) groups is 3. The number of nitrogens with zero attached hydrogens (tertiary/aromatic N) is 2. The summed E-state index contributed by atoms with van der Waals surface area (Å²) in [4.78, 5) is 40.8. The molecule has 2 fully saturated rings. The van der Waals surface area contributed by atoms with Crippen LogP contribution in [0.2, 0.25) is 0 Å². The van der Waals surface area contributed by atoms with Gasteiger partial charge in [0.1, 0.15) is 6.04 Å². The van der Waals surface area contributed by atoms with Gasteiger partial charge >= 0.3 is 0 Å². The lowest BCUT2D eigenvalue weighted by atomic mass is 9.80. The topological polar surface area (TPSA) is 89.9 Å². The summed E-state index contributed by atoms with van der Waals surface area (Å²) in [6.45, 7) is 4.75. The molecular formula is C26H29N3O4. The Morgan fingerprint density at radius 3 is 2.48 bits per heavy atom. The summed E-state index contributed by atoms with van der Waals surface area (Å²) in [5.74, 6) is -0.881. The van der Waals surface area contributed by atoms with Crippen molar-refractivity contribution in [2.45, 2.75) is 57.3 Å². The minimum atomic E-state index is -0.933. The second kappa shape index (κ2) is 8.39. The summed E-state index contributed by atoms with van der Waals surface area (Å²) in [5.41, 5.74) is 3.60. The molecule has 0 radical (unpaired) electrons. The van der Waals surface area contributed by atoms with Crippen LogP contribution in [0.5, 0.6) is 0 Å². The average molecular weight is 448 g/mol. The highest BCUT2D eigenvalue weighted by Crippen LogP contribution is 2.39. The van der Waals surface area contributed by atoms with Crippen molar-refractivity contribution in [1.82, 2.24) is 15.1 Å². The number of likely N-dealkylation sites (tertiary alicyclic amines) is 1. The molecule has 172 valence electrons. The summed E-state index contributed by atoms with van der Waals surface area (Å²) in [6, 6.07) is 13.4. The van der Waals surface area contributed by atoms with E-state index < -0.39 is 17.6 Å². The smallest absolute Gasteiger partial charge is 0.255 e. The van der Waals surface area contributed by atoms with Crippen LogP contribution in [0.15, 0.2) is 42.5 Å². The quantitative estimate of drug-likeness (QED) is 0.702. The van der Waals surface area contributed by atoms with Crippen molar-refractivity contribution in [2.75, 3.05) is 13.1 Å². The maximum absolute atomic E-state index is 13.1. The van der Waals surface area contributed by atoms with Crippen molar-refractivity contribution in [3.8, 4) is 0 Å². The number of rotatable bonds is 4. The van der Waals surface area contributed by atoms with Crippen LogP contribution in [-0.2, 0) is 28.3 Å². The zero-order chi connectivity index (χ0) is 23.2. The van der Waals surface area contributed by atoms with Gasteiger partial charge in [0.15, 0.2) is 0 Å². The van der Waals surface area contributed by atoms with Gasteiger partial charge in [0.05, 0.1) is 5.60 Å². The molecule has 2 aromatic rings. The number of benzene rings is 2. The number of hydrogen-bond donors (Lipinski definition) is 2. The molecule has 7 heteroatoms. The van der Waals surface area contributed by atoms with Crippen molar-refractivity contribution in [2.24, 2.45) is 0 Å². The first-order chi connectivity index (χ1) is 15.9. The number of amides is 3. The Labute approximate surface area is 193 Å². The highest BCUT2D eigenvalue weighted by molar-refractivity contribution is 6.05. The molecule has 3 heterocycles. The van der Waals surface area contributed by atoms with Gasteiger partial charge in [0.25, 0.3) is 5.91 Å². The van der Waals surface area contributed by atoms with Crippen LogP contribution in [0.25, 0.3) is 0 Å². The Bertz CT molecular complexity index is 1110. The second-order valence-electron chi connectivity index (χ2n) is 9.46. The monoisotopic (exact) mass is 447 g/mol. The first kappa shape index (κ1) is 21.8. The van der Waals surface area contributed by atoms with Gasteiger partial charge in [-0.1, -0.05) is 36.4 Å². The molecule has 3 aliphatic rings. The van der Waals surface area contributed by atoms with E-state index in [4.69, 9.17) is 0 Å². The largest absolute Gasteiger partial charge is 0.385 e. The normalized spacial score (nSPS) is 22.9. The molecule has 2 saturated heterocycles. The first-order valence-corrected chi connectivity index (χ1v) is 11.6. The predicted molar refractivity (Wildman–Crippen MR) is 122 cm³/mol. The SMILES string of the molecule is Cc1c(C2(O)CCN(Cc3ccccc3)CC2)ccc2c1CN(C1CCC(=O)NC1=O)C2=O. The van der Waals surface area contributed by atoms with E-state index in [1.165, 1.54) is 5.56 Å². The lowest BCUT2D eigenvalue weighted by molar-refractivity contribution is -0.136. The number of imide groups is 1. The van der Waals surface area contributed by atoms with Gasteiger partial charge in [0.2, 0.25) is 11.8 Å². The summed E-state index contributed by atoms with van der Waals surface area (Å²) >= 11 is 0. The van der Waals surface area contributed by atoms with Crippen molar-refractivity contribution >= 4 is 17.7 Å². The third-order valence-electron chi connectivity index (χ3n) is 7.44. The van der Waals surface area contributed by atoms with Crippen LogP contribution in [0.4, 0.5) is 0 Å². The fraction of sp³-hybridized carbons (Fsp3) is 0.423. The second-order valence-corrected chi connectivity index (χ2v) is 9.46. The molecule has 0 aliphatic carbocycles. The number of nitrogens with one attached hydrogen (secondary N) is 1. The number of fused-ring (bicyclic) bond motifs is 1.